The van der Waals surface area contributed by atoms with Crippen LogP contribution in [-0.4, -0.2) is 9.78 Å². The number of hydrogen-bond acceptors (Lipinski definition) is 1. The molecule has 0 aliphatic heterocycles. The van der Waals surface area contributed by atoms with Crippen molar-refractivity contribution in [2.45, 2.75) is 6.54 Å². The third kappa shape index (κ3) is 4.03. The van der Waals surface area contributed by atoms with Crippen molar-refractivity contribution in [2.75, 3.05) is 0 Å². The van der Waals surface area contributed by atoms with Gasteiger partial charge in [0.25, 0.3) is 0 Å². The van der Waals surface area contributed by atoms with Gasteiger partial charge in [0, 0.05) is 20.1 Å². The Morgan fingerprint density at radius 2 is 1.30 bits per heavy atom. The summed E-state index contributed by atoms with van der Waals surface area (Å²) in [6.07, 6.45) is 0. The Labute approximate surface area is 180 Å². The van der Waals surface area contributed by atoms with Crippen LogP contribution in [0.2, 0.25) is 5.02 Å². The molecule has 0 amide bonds. The van der Waals surface area contributed by atoms with Crippen molar-refractivity contribution in [3.8, 4) is 22.5 Å². The lowest BCUT2D eigenvalue weighted by Crippen LogP contribution is -2.04. The molecule has 0 unspecified atom stereocenters. The molecule has 134 valence electrons. The molecule has 1 heterocycles. The second-order valence-electron chi connectivity index (χ2n) is 6.17. The Morgan fingerprint density at radius 1 is 0.741 bits per heavy atom. The Kier molecular flexibility index (Phi) is 5.48. The van der Waals surface area contributed by atoms with Crippen LogP contribution in [0, 0.1) is 0 Å². The highest BCUT2D eigenvalue weighted by Crippen LogP contribution is 2.37. The van der Waals surface area contributed by atoms with Gasteiger partial charge in [-0.05, 0) is 29.8 Å². The monoisotopic (exact) mass is 500 g/mol. The van der Waals surface area contributed by atoms with Crippen LogP contribution in [0.3, 0.4) is 0 Å². The van der Waals surface area contributed by atoms with Gasteiger partial charge in [-0.3, -0.25) is 4.68 Å². The van der Waals surface area contributed by atoms with Gasteiger partial charge >= 0.3 is 0 Å². The molecule has 0 saturated carbocycles. The van der Waals surface area contributed by atoms with Gasteiger partial charge in [-0.15, -0.1) is 0 Å². The lowest BCUT2D eigenvalue weighted by molar-refractivity contribution is 0.697. The second kappa shape index (κ2) is 8.01. The van der Waals surface area contributed by atoms with E-state index in [0.717, 1.165) is 31.5 Å². The normalized spacial score (nSPS) is 10.9. The van der Waals surface area contributed by atoms with Crippen molar-refractivity contribution in [2.24, 2.45) is 0 Å². The summed E-state index contributed by atoms with van der Waals surface area (Å²) < 4.78 is 4.04. The molecule has 4 aromatic rings. The van der Waals surface area contributed by atoms with Crippen LogP contribution >= 0.6 is 43.5 Å². The first kappa shape index (κ1) is 18.5. The zero-order valence-corrected chi connectivity index (χ0v) is 18.2. The molecule has 0 N–H and O–H groups in total. The van der Waals surface area contributed by atoms with Crippen LogP contribution in [0.1, 0.15) is 5.56 Å². The average Bonchev–Trinajstić information content (AvgIpc) is 3.00. The molecule has 0 aliphatic carbocycles. The molecule has 3 aromatic carbocycles. The van der Waals surface area contributed by atoms with Gasteiger partial charge in [-0.1, -0.05) is 98.1 Å². The fraction of sp³-hybridized carbons (Fsp3) is 0.0455. The summed E-state index contributed by atoms with van der Waals surface area (Å²) in [5.74, 6) is 0. The van der Waals surface area contributed by atoms with Crippen molar-refractivity contribution in [1.29, 1.82) is 0 Å². The van der Waals surface area contributed by atoms with E-state index >= 15 is 0 Å². The summed E-state index contributed by atoms with van der Waals surface area (Å²) in [5, 5.41) is 5.52. The van der Waals surface area contributed by atoms with E-state index in [2.05, 4.69) is 56.1 Å². The van der Waals surface area contributed by atoms with E-state index in [4.69, 9.17) is 16.7 Å². The molecule has 0 bridgehead atoms. The zero-order chi connectivity index (χ0) is 18.8. The van der Waals surface area contributed by atoms with Crippen molar-refractivity contribution in [3.63, 3.8) is 0 Å². The van der Waals surface area contributed by atoms with Crippen molar-refractivity contribution < 1.29 is 0 Å². The van der Waals surface area contributed by atoms with E-state index in [9.17, 15) is 0 Å². The van der Waals surface area contributed by atoms with Crippen LogP contribution in [0.15, 0.2) is 87.8 Å². The maximum absolute atomic E-state index is 6.84. The molecule has 0 aliphatic rings. The van der Waals surface area contributed by atoms with Crippen molar-refractivity contribution in [1.82, 2.24) is 9.78 Å². The van der Waals surface area contributed by atoms with Crippen LogP contribution < -0.4 is 0 Å². The molecule has 5 heteroatoms. The summed E-state index contributed by atoms with van der Waals surface area (Å²) in [5.41, 5.74) is 4.92. The predicted molar refractivity (Wildman–Crippen MR) is 119 cm³/mol. The van der Waals surface area contributed by atoms with E-state index in [1.54, 1.807) is 0 Å². The highest BCUT2D eigenvalue weighted by molar-refractivity contribution is 9.10. The van der Waals surface area contributed by atoms with Gasteiger partial charge in [0.05, 0.1) is 17.3 Å². The summed E-state index contributed by atoms with van der Waals surface area (Å²) >= 11 is 13.8. The standard InChI is InChI=1S/C22H15Br2ClN2/c23-18-10-6-16(7-11-18)21-20(25)22(17-8-12-19(24)13-9-17)27(26-21)14-15-4-2-1-3-5-15/h1-13H,14H2. The van der Waals surface area contributed by atoms with Gasteiger partial charge < -0.3 is 0 Å². The fourth-order valence-electron chi connectivity index (χ4n) is 2.99. The lowest BCUT2D eigenvalue weighted by Gasteiger charge is -2.08. The van der Waals surface area contributed by atoms with E-state index in [1.165, 1.54) is 5.56 Å². The molecule has 4 rings (SSSR count). The van der Waals surface area contributed by atoms with Crippen molar-refractivity contribution in [3.05, 3.63) is 98.4 Å². The molecule has 0 atom stereocenters. The Morgan fingerprint density at radius 3 is 1.89 bits per heavy atom. The predicted octanol–water partition coefficient (Wildman–Crippen LogP) is 7.44. The quantitative estimate of drug-likeness (QED) is 0.283. The number of benzene rings is 3. The van der Waals surface area contributed by atoms with Crippen LogP contribution in [-0.2, 0) is 6.54 Å². The molecule has 0 spiro atoms. The summed E-state index contributed by atoms with van der Waals surface area (Å²) in [6, 6.07) is 26.5. The number of rotatable bonds is 4. The third-order valence-electron chi connectivity index (χ3n) is 4.31. The first-order valence-corrected chi connectivity index (χ1v) is 10.4. The van der Waals surface area contributed by atoms with Gasteiger partial charge in [0.1, 0.15) is 5.69 Å². The summed E-state index contributed by atoms with van der Waals surface area (Å²) in [4.78, 5) is 0. The van der Waals surface area contributed by atoms with E-state index in [-0.39, 0.29) is 0 Å². The molecular weight excluding hydrogens is 488 g/mol. The molecule has 0 saturated heterocycles. The Balaban J connectivity index is 1.86. The number of aromatic nitrogens is 2. The van der Waals surface area contributed by atoms with Crippen LogP contribution in [0.4, 0.5) is 0 Å². The molecule has 2 nitrogen and oxygen atoms in total. The zero-order valence-electron chi connectivity index (χ0n) is 14.2. The Hall–Kier alpha value is -1.88. The summed E-state index contributed by atoms with van der Waals surface area (Å²) in [6.45, 7) is 0.655. The molecule has 1 aromatic heterocycles. The highest BCUT2D eigenvalue weighted by Gasteiger charge is 2.19. The average molecular weight is 503 g/mol. The molecule has 0 fully saturated rings. The minimum Gasteiger partial charge on any atom is -0.258 e. The first-order valence-electron chi connectivity index (χ1n) is 8.44. The first-order chi connectivity index (χ1) is 13.1. The maximum atomic E-state index is 6.84. The fourth-order valence-corrected chi connectivity index (χ4v) is 3.87. The maximum Gasteiger partial charge on any atom is 0.112 e. The molecular formula is C22H15Br2ClN2. The van der Waals surface area contributed by atoms with Crippen LogP contribution in [0.25, 0.3) is 22.5 Å². The summed E-state index contributed by atoms with van der Waals surface area (Å²) in [7, 11) is 0. The van der Waals surface area contributed by atoms with Gasteiger partial charge in [-0.25, -0.2) is 0 Å². The second-order valence-corrected chi connectivity index (χ2v) is 8.38. The SMILES string of the molecule is Clc1c(-c2ccc(Br)cc2)nn(Cc2ccccc2)c1-c1ccc(Br)cc1. The van der Waals surface area contributed by atoms with Gasteiger partial charge in [0.2, 0.25) is 0 Å². The molecule has 0 radical (unpaired) electrons. The minimum atomic E-state index is 0.655. The largest absolute Gasteiger partial charge is 0.258 e. The van der Waals surface area contributed by atoms with E-state index in [0.29, 0.717) is 11.6 Å². The third-order valence-corrected chi connectivity index (χ3v) is 5.72. The van der Waals surface area contributed by atoms with E-state index in [1.807, 2.05) is 59.3 Å². The van der Waals surface area contributed by atoms with E-state index < -0.39 is 0 Å². The number of hydrogen-bond donors (Lipinski definition) is 0. The highest BCUT2D eigenvalue weighted by atomic mass is 79.9. The number of halogens is 3. The Bertz CT molecular complexity index is 1060. The van der Waals surface area contributed by atoms with Gasteiger partial charge in [0.15, 0.2) is 0 Å². The smallest absolute Gasteiger partial charge is 0.112 e. The van der Waals surface area contributed by atoms with Gasteiger partial charge in [-0.2, -0.15) is 5.10 Å². The molecule has 27 heavy (non-hydrogen) atoms. The van der Waals surface area contributed by atoms with Crippen molar-refractivity contribution >= 4 is 43.5 Å². The van der Waals surface area contributed by atoms with Crippen LogP contribution in [0.5, 0.6) is 0 Å². The minimum absolute atomic E-state index is 0.655. The lowest BCUT2D eigenvalue weighted by atomic mass is 10.1. The topological polar surface area (TPSA) is 17.8 Å². The number of nitrogens with zero attached hydrogens (tertiary/aromatic N) is 2.